The van der Waals surface area contributed by atoms with Crippen LogP contribution in [0.25, 0.3) is 0 Å². The van der Waals surface area contributed by atoms with Gasteiger partial charge < -0.3 is 10.4 Å². The zero-order chi connectivity index (χ0) is 10.8. The largest absolute Gasteiger partial charge is 0.480 e. The SMILES string of the molecule is CC(Nc1ncnc2c1CCC2)C(=O)O. The maximum atomic E-state index is 10.7. The maximum Gasteiger partial charge on any atom is 0.325 e. The van der Waals surface area contributed by atoms with Crippen LogP contribution in [0, 0.1) is 0 Å². The molecular weight excluding hydrogens is 194 g/mol. The Bertz CT molecular complexity index is 392. The summed E-state index contributed by atoms with van der Waals surface area (Å²) in [5, 5.41) is 11.7. The van der Waals surface area contributed by atoms with E-state index in [9.17, 15) is 4.79 Å². The van der Waals surface area contributed by atoms with E-state index >= 15 is 0 Å². The van der Waals surface area contributed by atoms with Gasteiger partial charge in [0.15, 0.2) is 0 Å². The Labute approximate surface area is 87.6 Å². The third-order valence-electron chi connectivity index (χ3n) is 2.60. The van der Waals surface area contributed by atoms with E-state index in [1.165, 1.54) is 6.33 Å². The fraction of sp³-hybridized carbons (Fsp3) is 0.500. The molecule has 1 aromatic rings. The lowest BCUT2D eigenvalue weighted by molar-refractivity contribution is -0.137. The highest BCUT2D eigenvalue weighted by Gasteiger charge is 2.19. The number of carboxylic acids is 1. The summed E-state index contributed by atoms with van der Waals surface area (Å²) >= 11 is 0. The molecule has 2 rings (SSSR count). The smallest absolute Gasteiger partial charge is 0.325 e. The highest BCUT2D eigenvalue weighted by Crippen LogP contribution is 2.25. The molecule has 0 saturated heterocycles. The Balaban J connectivity index is 2.22. The molecule has 0 radical (unpaired) electrons. The van der Waals surface area contributed by atoms with E-state index in [1.807, 2.05) is 0 Å². The van der Waals surface area contributed by atoms with Crippen molar-refractivity contribution in [2.45, 2.75) is 32.2 Å². The van der Waals surface area contributed by atoms with Crippen LogP contribution < -0.4 is 5.32 Å². The number of nitrogens with one attached hydrogen (secondary N) is 1. The van der Waals surface area contributed by atoms with Crippen LogP contribution in [-0.4, -0.2) is 27.1 Å². The first-order valence-corrected chi connectivity index (χ1v) is 5.00. The van der Waals surface area contributed by atoms with Crippen LogP contribution in [0.15, 0.2) is 6.33 Å². The molecule has 0 aromatic carbocycles. The molecule has 0 amide bonds. The average Bonchev–Trinajstić information content (AvgIpc) is 2.66. The number of nitrogens with zero attached hydrogens (tertiary/aromatic N) is 2. The molecule has 1 aliphatic rings. The molecule has 80 valence electrons. The van der Waals surface area contributed by atoms with Gasteiger partial charge in [0.1, 0.15) is 18.2 Å². The highest BCUT2D eigenvalue weighted by atomic mass is 16.4. The van der Waals surface area contributed by atoms with Gasteiger partial charge in [0.05, 0.1) is 0 Å². The summed E-state index contributed by atoms with van der Waals surface area (Å²) in [7, 11) is 0. The van der Waals surface area contributed by atoms with Gasteiger partial charge in [0.2, 0.25) is 0 Å². The third kappa shape index (κ3) is 1.91. The van der Waals surface area contributed by atoms with E-state index in [1.54, 1.807) is 6.92 Å². The topological polar surface area (TPSA) is 75.1 Å². The van der Waals surface area contributed by atoms with Crippen molar-refractivity contribution in [3.63, 3.8) is 0 Å². The zero-order valence-electron chi connectivity index (χ0n) is 8.53. The van der Waals surface area contributed by atoms with Gasteiger partial charge in [-0.15, -0.1) is 0 Å². The van der Waals surface area contributed by atoms with Crippen molar-refractivity contribution in [2.75, 3.05) is 5.32 Å². The van der Waals surface area contributed by atoms with E-state index in [4.69, 9.17) is 5.11 Å². The van der Waals surface area contributed by atoms with Gasteiger partial charge in [-0.2, -0.15) is 0 Å². The van der Waals surface area contributed by atoms with Crippen molar-refractivity contribution in [1.82, 2.24) is 9.97 Å². The predicted molar refractivity (Wildman–Crippen MR) is 54.8 cm³/mol. The standard InChI is InChI=1S/C10H13N3O2/c1-6(10(14)15)13-9-7-3-2-4-8(7)11-5-12-9/h5-6H,2-4H2,1H3,(H,14,15)(H,11,12,13). The Morgan fingerprint density at radius 3 is 3.07 bits per heavy atom. The first-order valence-electron chi connectivity index (χ1n) is 5.00. The number of fused-ring (bicyclic) bond motifs is 1. The lowest BCUT2D eigenvalue weighted by Crippen LogP contribution is -2.26. The van der Waals surface area contributed by atoms with Crippen molar-refractivity contribution in [3.05, 3.63) is 17.6 Å². The molecule has 0 spiro atoms. The minimum Gasteiger partial charge on any atom is -0.480 e. The summed E-state index contributed by atoms with van der Waals surface area (Å²) in [6.07, 6.45) is 4.46. The van der Waals surface area contributed by atoms with Crippen molar-refractivity contribution in [2.24, 2.45) is 0 Å². The van der Waals surface area contributed by atoms with E-state index < -0.39 is 12.0 Å². The van der Waals surface area contributed by atoms with Gasteiger partial charge in [-0.05, 0) is 26.2 Å². The molecule has 5 nitrogen and oxygen atoms in total. The molecule has 0 fully saturated rings. The fourth-order valence-electron chi connectivity index (χ4n) is 1.75. The van der Waals surface area contributed by atoms with E-state index in [2.05, 4.69) is 15.3 Å². The minimum absolute atomic E-state index is 0.621. The highest BCUT2D eigenvalue weighted by molar-refractivity contribution is 5.76. The lowest BCUT2D eigenvalue weighted by Gasteiger charge is -2.12. The first-order chi connectivity index (χ1) is 7.18. The number of anilines is 1. The van der Waals surface area contributed by atoms with Gasteiger partial charge in [-0.1, -0.05) is 0 Å². The number of aryl methyl sites for hydroxylation is 1. The number of hydrogen-bond donors (Lipinski definition) is 2. The Hall–Kier alpha value is -1.65. The Morgan fingerprint density at radius 2 is 2.33 bits per heavy atom. The van der Waals surface area contributed by atoms with Crippen LogP contribution >= 0.6 is 0 Å². The first kappa shape index (κ1) is 9.89. The number of carboxylic acid groups (broad SMARTS) is 1. The van der Waals surface area contributed by atoms with Crippen molar-refractivity contribution in [3.8, 4) is 0 Å². The molecule has 2 N–H and O–H groups in total. The normalized spacial score (nSPS) is 15.8. The number of hydrogen-bond acceptors (Lipinski definition) is 4. The number of rotatable bonds is 3. The monoisotopic (exact) mass is 207 g/mol. The molecule has 1 heterocycles. The van der Waals surface area contributed by atoms with Gasteiger partial charge in [0.25, 0.3) is 0 Å². The molecule has 5 heteroatoms. The van der Waals surface area contributed by atoms with Gasteiger partial charge in [-0.25, -0.2) is 9.97 Å². The Kier molecular flexibility index (Phi) is 2.53. The van der Waals surface area contributed by atoms with Crippen LogP contribution in [0.3, 0.4) is 0 Å². The lowest BCUT2D eigenvalue weighted by atomic mass is 10.2. The second kappa shape index (κ2) is 3.84. The average molecular weight is 207 g/mol. The van der Waals surface area contributed by atoms with E-state index in [0.29, 0.717) is 5.82 Å². The Morgan fingerprint density at radius 1 is 1.53 bits per heavy atom. The minimum atomic E-state index is -0.875. The van der Waals surface area contributed by atoms with Gasteiger partial charge in [-0.3, -0.25) is 4.79 Å². The summed E-state index contributed by atoms with van der Waals surface area (Å²) in [5.74, 6) is -0.201. The third-order valence-corrected chi connectivity index (χ3v) is 2.60. The molecule has 15 heavy (non-hydrogen) atoms. The fourth-order valence-corrected chi connectivity index (χ4v) is 1.75. The second-order valence-corrected chi connectivity index (χ2v) is 3.71. The molecule has 0 bridgehead atoms. The quantitative estimate of drug-likeness (QED) is 0.768. The summed E-state index contributed by atoms with van der Waals surface area (Å²) in [6.45, 7) is 1.60. The van der Waals surface area contributed by atoms with Gasteiger partial charge >= 0.3 is 5.97 Å². The number of aliphatic carboxylic acids is 1. The van der Waals surface area contributed by atoms with E-state index in [-0.39, 0.29) is 0 Å². The molecule has 0 aliphatic heterocycles. The molecule has 1 unspecified atom stereocenters. The number of carbonyl (C=O) groups is 1. The summed E-state index contributed by atoms with van der Waals surface area (Å²) in [4.78, 5) is 19.0. The van der Waals surface area contributed by atoms with Crippen molar-refractivity contribution < 1.29 is 9.90 Å². The molecule has 1 aromatic heterocycles. The molecular formula is C10H13N3O2. The van der Waals surface area contributed by atoms with Crippen molar-refractivity contribution >= 4 is 11.8 Å². The summed E-state index contributed by atoms with van der Waals surface area (Å²) in [5.41, 5.74) is 2.12. The second-order valence-electron chi connectivity index (χ2n) is 3.71. The molecule has 1 atom stereocenters. The molecule has 1 aliphatic carbocycles. The number of aromatic nitrogens is 2. The van der Waals surface area contributed by atoms with Crippen LogP contribution in [0.2, 0.25) is 0 Å². The molecule has 0 saturated carbocycles. The maximum absolute atomic E-state index is 10.7. The predicted octanol–water partition coefficient (Wildman–Crippen LogP) is 0.850. The summed E-state index contributed by atoms with van der Waals surface area (Å²) in [6, 6.07) is -0.621. The van der Waals surface area contributed by atoms with Crippen molar-refractivity contribution in [1.29, 1.82) is 0 Å². The van der Waals surface area contributed by atoms with Crippen LogP contribution in [-0.2, 0) is 17.6 Å². The van der Waals surface area contributed by atoms with Crippen LogP contribution in [0.5, 0.6) is 0 Å². The van der Waals surface area contributed by atoms with Gasteiger partial charge in [0, 0.05) is 11.3 Å². The van der Waals surface area contributed by atoms with E-state index in [0.717, 1.165) is 30.5 Å². The zero-order valence-corrected chi connectivity index (χ0v) is 8.53. The van der Waals surface area contributed by atoms with Crippen LogP contribution in [0.4, 0.5) is 5.82 Å². The van der Waals surface area contributed by atoms with Crippen LogP contribution in [0.1, 0.15) is 24.6 Å². The summed E-state index contributed by atoms with van der Waals surface area (Å²) < 4.78 is 0.